The lowest BCUT2D eigenvalue weighted by molar-refractivity contribution is 0.0505. The van der Waals surface area contributed by atoms with Gasteiger partial charge in [0.05, 0.1) is 18.2 Å². The molecule has 1 amide bonds. The largest absolute Gasteiger partial charge is 0.496 e. The fraction of sp³-hybridized carbons (Fsp3) is 0.579. The predicted octanol–water partition coefficient (Wildman–Crippen LogP) is 2.37. The van der Waals surface area contributed by atoms with Gasteiger partial charge in [-0.3, -0.25) is 9.69 Å². The van der Waals surface area contributed by atoms with Gasteiger partial charge in [0.25, 0.3) is 0 Å². The molecule has 1 aromatic carbocycles. The minimum absolute atomic E-state index is 0.00482. The number of hydrogen-bond donors (Lipinski definition) is 1. The fourth-order valence-electron chi connectivity index (χ4n) is 3.34. The number of methoxy groups -OCH3 is 1. The molecule has 1 fully saturated rings. The van der Waals surface area contributed by atoms with Crippen molar-refractivity contribution in [3.63, 3.8) is 0 Å². The van der Waals surface area contributed by atoms with Crippen molar-refractivity contribution in [1.29, 1.82) is 0 Å². The highest BCUT2D eigenvalue weighted by Gasteiger charge is 2.30. The van der Waals surface area contributed by atoms with Gasteiger partial charge in [-0.15, -0.1) is 0 Å². The van der Waals surface area contributed by atoms with Crippen molar-refractivity contribution in [3.05, 3.63) is 23.3 Å². The van der Waals surface area contributed by atoms with Crippen LogP contribution in [0.1, 0.15) is 43.1 Å². The number of fused-ring (bicyclic) bond motifs is 1. The first-order valence-electron chi connectivity index (χ1n) is 8.84. The number of carbonyl (C=O) groups excluding carboxylic acids is 2. The van der Waals surface area contributed by atoms with Gasteiger partial charge in [-0.1, -0.05) is 0 Å². The third-order valence-electron chi connectivity index (χ3n) is 4.46. The van der Waals surface area contributed by atoms with E-state index in [9.17, 15) is 9.59 Å². The number of nitrogens with zero attached hydrogens (tertiary/aromatic N) is 1. The Morgan fingerprint density at radius 1 is 1.38 bits per heavy atom. The Morgan fingerprint density at radius 2 is 2.15 bits per heavy atom. The van der Waals surface area contributed by atoms with Crippen LogP contribution in [0.3, 0.4) is 0 Å². The molecule has 0 radical (unpaired) electrons. The predicted molar refractivity (Wildman–Crippen MR) is 95.9 cm³/mol. The maximum Gasteiger partial charge on any atom is 0.407 e. The summed E-state index contributed by atoms with van der Waals surface area (Å²) in [4.78, 5) is 26.1. The van der Waals surface area contributed by atoms with Gasteiger partial charge in [-0.25, -0.2) is 4.79 Å². The van der Waals surface area contributed by atoms with Crippen LogP contribution in [0.25, 0.3) is 0 Å². The number of Topliss-reactive ketones (excluding diaryl/α,β-unsaturated/α-hetero) is 1. The average Bonchev–Trinajstić information content (AvgIpc) is 3.13. The van der Waals surface area contributed by atoms with E-state index in [2.05, 4.69) is 10.2 Å². The second kappa shape index (κ2) is 7.15. The summed E-state index contributed by atoms with van der Waals surface area (Å²) >= 11 is 0. The maximum absolute atomic E-state index is 11.9. The highest BCUT2D eigenvalue weighted by molar-refractivity contribution is 6.03. The lowest BCUT2D eigenvalue weighted by Gasteiger charge is -2.22. The summed E-state index contributed by atoms with van der Waals surface area (Å²) in [6.07, 6.45) is 0.451. The van der Waals surface area contributed by atoms with Gasteiger partial charge in [-0.05, 0) is 39.3 Å². The lowest BCUT2D eigenvalue weighted by atomic mass is 10.1. The summed E-state index contributed by atoms with van der Waals surface area (Å²) in [7, 11) is 1.61. The van der Waals surface area contributed by atoms with Gasteiger partial charge in [-0.2, -0.15) is 0 Å². The van der Waals surface area contributed by atoms with Gasteiger partial charge in [0, 0.05) is 25.7 Å². The molecule has 142 valence electrons. The van der Waals surface area contributed by atoms with E-state index >= 15 is 0 Å². The number of carbonyl (C=O) groups is 2. The first kappa shape index (κ1) is 18.5. The van der Waals surface area contributed by atoms with Crippen LogP contribution < -0.4 is 14.8 Å². The Bertz CT molecular complexity index is 711. The third kappa shape index (κ3) is 4.09. The number of likely N-dealkylation sites (tertiary alicyclic amines) is 1. The molecule has 2 heterocycles. The van der Waals surface area contributed by atoms with Gasteiger partial charge in [0.1, 0.15) is 17.1 Å². The van der Waals surface area contributed by atoms with Crippen LogP contribution in [0.4, 0.5) is 4.79 Å². The number of benzene rings is 1. The van der Waals surface area contributed by atoms with Crippen LogP contribution in [0.5, 0.6) is 11.5 Å². The number of nitrogens with one attached hydrogen (secondary N) is 1. The molecule has 1 saturated heterocycles. The average molecular weight is 362 g/mol. The molecule has 7 heteroatoms. The summed E-state index contributed by atoms with van der Waals surface area (Å²) in [6, 6.07) is 3.60. The Labute approximate surface area is 153 Å². The molecule has 26 heavy (non-hydrogen) atoms. The van der Waals surface area contributed by atoms with E-state index in [0.717, 1.165) is 18.5 Å². The summed E-state index contributed by atoms with van der Waals surface area (Å²) in [6.45, 7) is 7.76. The van der Waals surface area contributed by atoms with E-state index in [-0.39, 0.29) is 18.4 Å². The molecule has 1 atom stereocenters. The standard InChI is InChI=1S/C19H26N2O5/c1-19(2,3)26-18(23)20-12-7-8-21(9-12)10-14-16(24-4)6-5-13-15(22)11-25-17(13)14/h5-6,12H,7-11H2,1-4H3,(H,20,23)/t12-/m1/s1. The zero-order chi connectivity index (χ0) is 18.9. The fourth-order valence-corrected chi connectivity index (χ4v) is 3.34. The number of hydrogen-bond acceptors (Lipinski definition) is 6. The minimum Gasteiger partial charge on any atom is -0.496 e. The zero-order valence-electron chi connectivity index (χ0n) is 15.8. The molecule has 0 aromatic heterocycles. The van der Waals surface area contributed by atoms with E-state index in [0.29, 0.717) is 30.2 Å². The van der Waals surface area contributed by atoms with Crippen LogP contribution in [0.2, 0.25) is 0 Å². The molecule has 0 bridgehead atoms. The minimum atomic E-state index is -0.510. The molecule has 0 saturated carbocycles. The molecule has 7 nitrogen and oxygen atoms in total. The third-order valence-corrected chi connectivity index (χ3v) is 4.46. The van der Waals surface area contributed by atoms with Crippen molar-refractivity contribution in [1.82, 2.24) is 10.2 Å². The van der Waals surface area contributed by atoms with Crippen molar-refractivity contribution >= 4 is 11.9 Å². The first-order chi connectivity index (χ1) is 12.3. The highest BCUT2D eigenvalue weighted by atomic mass is 16.6. The molecular weight excluding hydrogens is 336 g/mol. The van der Waals surface area contributed by atoms with Crippen LogP contribution in [-0.2, 0) is 11.3 Å². The lowest BCUT2D eigenvalue weighted by Crippen LogP contribution is -2.40. The second-order valence-corrected chi connectivity index (χ2v) is 7.70. The topological polar surface area (TPSA) is 77.1 Å². The quantitative estimate of drug-likeness (QED) is 0.886. The molecule has 2 aliphatic rings. The molecule has 0 spiro atoms. The number of amides is 1. The van der Waals surface area contributed by atoms with Crippen LogP contribution in [0.15, 0.2) is 12.1 Å². The maximum atomic E-state index is 11.9. The normalized spacial score (nSPS) is 19.8. The Balaban J connectivity index is 1.65. The highest BCUT2D eigenvalue weighted by Crippen LogP contribution is 2.37. The van der Waals surface area contributed by atoms with E-state index in [1.54, 1.807) is 13.2 Å². The van der Waals surface area contributed by atoms with E-state index in [4.69, 9.17) is 14.2 Å². The monoisotopic (exact) mass is 362 g/mol. The summed E-state index contributed by atoms with van der Waals surface area (Å²) in [5.41, 5.74) is 0.988. The number of rotatable bonds is 4. The van der Waals surface area contributed by atoms with Crippen molar-refractivity contribution in [2.24, 2.45) is 0 Å². The summed E-state index contributed by atoms with van der Waals surface area (Å²) in [5, 5.41) is 2.92. The van der Waals surface area contributed by atoms with Gasteiger partial charge < -0.3 is 19.5 Å². The molecule has 0 aliphatic carbocycles. The Hall–Kier alpha value is -2.28. The zero-order valence-corrected chi connectivity index (χ0v) is 15.8. The van der Waals surface area contributed by atoms with Crippen molar-refractivity contribution in [3.8, 4) is 11.5 Å². The van der Waals surface area contributed by atoms with Gasteiger partial charge in [0.15, 0.2) is 6.61 Å². The summed E-state index contributed by atoms with van der Waals surface area (Å²) in [5.74, 6) is 1.33. The smallest absolute Gasteiger partial charge is 0.407 e. The van der Waals surface area contributed by atoms with E-state index in [1.165, 1.54) is 0 Å². The Kier molecular flexibility index (Phi) is 5.09. The second-order valence-electron chi connectivity index (χ2n) is 7.70. The molecular formula is C19H26N2O5. The molecule has 2 aliphatic heterocycles. The van der Waals surface area contributed by atoms with Gasteiger partial charge >= 0.3 is 6.09 Å². The molecule has 1 aromatic rings. The summed E-state index contributed by atoms with van der Waals surface area (Å²) < 4.78 is 16.4. The Morgan fingerprint density at radius 3 is 2.85 bits per heavy atom. The number of ketones is 1. The van der Waals surface area contributed by atoms with Gasteiger partial charge in [0.2, 0.25) is 5.78 Å². The van der Waals surface area contributed by atoms with Crippen LogP contribution in [0, 0.1) is 0 Å². The van der Waals surface area contributed by atoms with E-state index < -0.39 is 11.7 Å². The number of ether oxygens (including phenoxy) is 3. The van der Waals surface area contributed by atoms with E-state index in [1.807, 2.05) is 26.8 Å². The van der Waals surface area contributed by atoms with Crippen molar-refractivity contribution in [2.75, 3.05) is 26.8 Å². The molecule has 1 N–H and O–H groups in total. The first-order valence-corrected chi connectivity index (χ1v) is 8.84. The molecule has 3 rings (SSSR count). The molecule has 0 unspecified atom stereocenters. The van der Waals surface area contributed by atoms with Crippen molar-refractivity contribution in [2.45, 2.75) is 45.4 Å². The van der Waals surface area contributed by atoms with Crippen LogP contribution >= 0.6 is 0 Å². The van der Waals surface area contributed by atoms with Crippen molar-refractivity contribution < 1.29 is 23.8 Å². The SMILES string of the molecule is COc1ccc2c(c1CN1CC[C@@H](NC(=O)OC(C)(C)C)C1)OCC2=O. The van der Waals surface area contributed by atoms with Crippen LogP contribution in [-0.4, -0.2) is 55.2 Å². The number of alkyl carbamates (subject to hydrolysis) is 1.